The molecule has 0 unspecified atom stereocenters. The fraction of sp³-hybridized carbons (Fsp3) is 0.483. The molecule has 1 aliphatic carbocycles. The highest BCUT2D eigenvalue weighted by molar-refractivity contribution is 5.77. The number of hydrogen-bond donors (Lipinski definition) is 0. The highest BCUT2D eigenvalue weighted by Gasteiger charge is 2.42. The average Bonchev–Trinajstić information content (AvgIpc) is 3.10. The first-order valence-corrected chi connectivity index (χ1v) is 12.8. The molecule has 0 bridgehead atoms. The Kier molecular flexibility index (Phi) is 7.81. The standard InChI is InChI=1S/C29H31F6NO4/c1-16-10-18(12-20(11-16)28(30,31)32)25-17(2)36(26(37)39-25)15-19-14-27(3,4)9-8-22(19)23-13-21(40-29(33,34)35)6-7-24(23)38-5/h6-7,10-13,17,25H,8-9,14-15H2,1-5H3/t17-,25-/m0/s1. The molecule has 1 saturated heterocycles. The lowest BCUT2D eigenvalue weighted by atomic mass is 9.72. The summed E-state index contributed by atoms with van der Waals surface area (Å²) >= 11 is 0. The number of carbonyl (C=O) groups is 1. The maximum Gasteiger partial charge on any atom is 0.573 e. The Morgan fingerprint density at radius 3 is 2.40 bits per heavy atom. The molecule has 4 rings (SSSR count). The number of halogens is 6. The third-order valence-corrected chi connectivity index (χ3v) is 7.41. The van der Waals surface area contributed by atoms with Crippen molar-refractivity contribution in [1.82, 2.24) is 4.90 Å². The van der Waals surface area contributed by atoms with Crippen LogP contribution in [0.2, 0.25) is 0 Å². The number of allylic oxidation sites excluding steroid dienone is 1. The molecule has 0 aromatic heterocycles. The van der Waals surface area contributed by atoms with E-state index in [0.29, 0.717) is 29.7 Å². The van der Waals surface area contributed by atoms with E-state index in [1.54, 1.807) is 19.9 Å². The second-order valence-corrected chi connectivity index (χ2v) is 11.1. The minimum atomic E-state index is -4.87. The number of hydrogen-bond acceptors (Lipinski definition) is 4. The van der Waals surface area contributed by atoms with Gasteiger partial charge in [-0.25, -0.2) is 4.79 Å². The van der Waals surface area contributed by atoms with Gasteiger partial charge in [-0.05, 0) is 85.6 Å². The summed E-state index contributed by atoms with van der Waals surface area (Å²) in [4.78, 5) is 14.5. The van der Waals surface area contributed by atoms with Crippen molar-refractivity contribution in [3.05, 3.63) is 64.2 Å². The van der Waals surface area contributed by atoms with Crippen molar-refractivity contribution in [1.29, 1.82) is 0 Å². The van der Waals surface area contributed by atoms with Crippen molar-refractivity contribution in [3.8, 4) is 11.5 Å². The lowest BCUT2D eigenvalue weighted by Gasteiger charge is -2.36. The molecular formula is C29H31F6NO4. The summed E-state index contributed by atoms with van der Waals surface area (Å²) in [6.45, 7) is 7.47. The van der Waals surface area contributed by atoms with Gasteiger partial charge in [0.2, 0.25) is 0 Å². The van der Waals surface area contributed by atoms with Crippen LogP contribution >= 0.6 is 0 Å². The summed E-state index contributed by atoms with van der Waals surface area (Å²) in [6.07, 6.45) is -9.23. The van der Waals surface area contributed by atoms with Gasteiger partial charge >= 0.3 is 18.6 Å². The normalized spacial score (nSPS) is 21.5. The van der Waals surface area contributed by atoms with Gasteiger partial charge < -0.3 is 14.2 Å². The smallest absolute Gasteiger partial charge is 0.496 e. The molecule has 2 aromatic rings. The quantitative estimate of drug-likeness (QED) is 0.327. The van der Waals surface area contributed by atoms with E-state index in [1.807, 2.05) is 0 Å². The summed E-state index contributed by atoms with van der Waals surface area (Å²) in [5.41, 5.74) is 1.63. The third kappa shape index (κ3) is 6.50. The van der Waals surface area contributed by atoms with E-state index in [9.17, 15) is 31.1 Å². The van der Waals surface area contributed by atoms with Crippen LogP contribution in [-0.4, -0.2) is 37.1 Å². The number of aryl methyl sites for hydroxylation is 1. The molecule has 0 spiro atoms. The Labute approximate surface area is 228 Å². The van der Waals surface area contributed by atoms with Gasteiger partial charge in [-0.1, -0.05) is 25.5 Å². The van der Waals surface area contributed by atoms with Crippen LogP contribution in [0.5, 0.6) is 11.5 Å². The van der Waals surface area contributed by atoms with Gasteiger partial charge in [-0.15, -0.1) is 13.2 Å². The highest BCUT2D eigenvalue weighted by Crippen LogP contribution is 2.47. The Balaban J connectivity index is 1.71. The zero-order valence-corrected chi connectivity index (χ0v) is 22.8. The van der Waals surface area contributed by atoms with E-state index in [-0.39, 0.29) is 17.5 Å². The van der Waals surface area contributed by atoms with E-state index < -0.39 is 42.1 Å². The van der Waals surface area contributed by atoms with Gasteiger partial charge in [0, 0.05) is 12.1 Å². The number of rotatable bonds is 6. The first-order valence-electron chi connectivity index (χ1n) is 12.8. The molecule has 40 heavy (non-hydrogen) atoms. The first-order chi connectivity index (χ1) is 18.5. The Morgan fingerprint density at radius 1 is 1.07 bits per heavy atom. The summed E-state index contributed by atoms with van der Waals surface area (Å²) in [6, 6.07) is 6.85. The van der Waals surface area contributed by atoms with Crippen LogP contribution < -0.4 is 9.47 Å². The molecule has 0 saturated carbocycles. The maximum absolute atomic E-state index is 13.4. The molecule has 0 N–H and O–H groups in total. The van der Waals surface area contributed by atoms with Crippen LogP contribution in [0, 0.1) is 12.3 Å². The number of alkyl halides is 6. The summed E-state index contributed by atoms with van der Waals surface area (Å²) in [7, 11) is 1.41. The number of methoxy groups -OCH3 is 1. The molecule has 1 aliphatic heterocycles. The number of cyclic esters (lactones) is 1. The van der Waals surface area contributed by atoms with E-state index >= 15 is 0 Å². The topological polar surface area (TPSA) is 48.0 Å². The fourth-order valence-electron chi connectivity index (χ4n) is 5.52. The molecule has 11 heteroatoms. The van der Waals surface area contributed by atoms with Crippen molar-refractivity contribution < 1.29 is 45.3 Å². The second kappa shape index (κ2) is 10.6. The number of benzene rings is 2. The van der Waals surface area contributed by atoms with Gasteiger partial charge in [-0.3, -0.25) is 4.90 Å². The maximum atomic E-state index is 13.4. The van der Waals surface area contributed by atoms with Crippen LogP contribution in [-0.2, 0) is 10.9 Å². The lowest BCUT2D eigenvalue weighted by molar-refractivity contribution is -0.274. The Bertz CT molecular complexity index is 1310. The number of amides is 1. The number of carbonyl (C=O) groups excluding carboxylic acids is 1. The molecule has 1 heterocycles. The predicted molar refractivity (Wildman–Crippen MR) is 136 cm³/mol. The third-order valence-electron chi connectivity index (χ3n) is 7.41. The lowest BCUT2D eigenvalue weighted by Crippen LogP contribution is -2.35. The van der Waals surface area contributed by atoms with Gasteiger partial charge in [0.05, 0.1) is 18.7 Å². The predicted octanol–water partition coefficient (Wildman–Crippen LogP) is 8.47. The zero-order valence-electron chi connectivity index (χ0n) is 22.8. The number of nitrogens with zero attached hydrogens (tertiary/aromatic N) is 1. The molecule has 2 atom stereocenters. The van der Waals surface area contributed by atoms with E-state index in [2.05, 4.69) is 18.6 Å². The van der Waals surface area contributed by atoms with Crippen molar-refractivity contribution >= 4 is 11.7 Å². The monoisotopic (exact) mass is 571 g/mol. The molecular weight excluding hydrogens is 540 g/mol. The molecule has 1 fully saturated rings. The van der Waals surface area contributed by atoms with Crippen molar-refractivity contribution in [2.24, 2.45) is 5.41 Å². The molecule has 218 valence electrons. The fourth-order valence-corrected chi connectivity index (χ4v) is 5.52. The van der Waals surface area contributed by atoms with Crippen LogP contribution in [0.4, 0.5) is 31.1 Å². The molecule has 5 nitrogen and oxygen atoms in total. The summed E-state index contributed by atoms with van der Waals surface area (Å²) in [5, 5.41) is 0. The van der Waals surface area contributed by atoms with Crippen LogP contribution in [0.3, 0.4) is 0 Å². The molecule has 1 amide bonds. The Hall–Kier alpha value is -3.37. The van der Waals surface area contributed by atoms with Gasteiger partial charge in [0.25, 0.3) is 0 Å². The van der Waals surface area contributed by atoms with Crippen LogP contribution in [0.1, 0.15) is 68.4 Å². The molecule has 2 aliphatic rings. The minimum Gasteiger partial charge on any atom is -0.496 e. The zero-order chi connectivity index (χ0) is 29.6. The van der Waals surface area contributed by atoms with Gasteiger partial charge in [-0.2, -0.15) is 13.2 Å². The minimum absolute atomic E-state index is 0.0979. The van der Waals surface area contributed by atoms with Crippen molar-refractivity contribution in [2.75, 3.05) is 13.7 Å². The van der Waals surface area contributed by atoms with E-state index in [0.717, 1.165) is 29.7 Å². The van der Waals surface area contributed by atoms with Crippen molar-refractivity contribution in [3.63, 3.8) is 0 Å². The van der Waals surface area contributed by atoms with Crippen molar-refractivity contribution in [2.45, 2.75) is 71.6 Å². The molecule has 2 aromatic carbocycles. The van der Waals surface area contributed by atoms with E-state index in [4.69, 9.17) is 9.47 Å². The Morgan fingerprint density at radius 2 is 1.77 bits per heavy atom. The summed E-state index contributed by atoms with van der Waals surface area (Å²) in [5.74, 6) is -0.0370. The SMILES string of the molecule is COc1ccc(OC(F)(F)F)cc1C1=C(CN2C(=O)O[C@H](c3cc(C)cc(C(F)(F)F)c3)[C@@H]2C)CC(C)(C)CC1. The summed E-state index contributed by atoms with van der Waals surface area (Å²) < 4.78 is 94.3. The average molecular weight is 572 g/mol. The highest BCUT2D eigenvalue weighted by atomic mass is 19.4. The van der Waals surface area contributed by atoms with E-state index in [1.165, 1.54) is 30.2 Å². The first kappa shape index (κ1) is 29.6. The number of ether oxygens (including phenoxy) is 3. The molecule has 0 radical (unpaired) electrons. The van der Waals surface area contributed by atoms with Crippen LogP contribution in [0.15, 0.2) is 42.0 Å². The second-order valence-electron chi connectivity index (χ2n) is 11.1. The van der Waals surface area contributed by atoms with Gasteiger partial charge in [0.1, 0.15) is 17.6 Å². The largest absolute Gasteiger partial charge is 0.573 e. The van der Waals surface area contributed by atoms with Crippen LogP contribution in [0.25, 0.3) is 5.57 Å². The van der Waals surface area contributed by atoms with Gasteiger partial charge in [0.15, 0.2) is 0 Å².